The summed E-state index contributed by atoms with van der Waals surface area (Å²) in [5, 5.41) is 2.62. The van der Waals surface area contributed by atoms with E-state index in [2.05, 4.69) is 5.32 Å². The highest BCUT2D eigenvalue weighted by Crippen LogP contribution is 2.29. The van der Waals surface area contributed by atoms with E-state index < -0.39 is 5.25 Å². The molecule has 2 amide bonds. The van der Waals surface area contributed by atoms with Crippen molar-refractivity contribution in [3.05, 3.63) is 71.7 Å². The second-order valence-electron chi connectivity index (χ2n) is 5.98. The number of hydrogen-bond donors (Lipinski definition) is 1. The van der Waals surface area contributed by atoms with Gasteiger partial charge in [0, 0.05) is 22.7 Å². The standard InChI is InChI=1S/C19H15FN2O2S/c20-15-7-3-1-5-12(15)10-22-11-13(14-6-2-4-8-16(14)22)9-17-18(23)21-19(24)25-17/h1-8,11,17H,9-10H2,(H,21,23,24). The summed E-state index contributed by atoms with van der Waals surface area (Å²) >= 11 is 1.02. The first kappa shape index (κ1) is 15.9. The molecule has 1 unspecified atom stereocenters. The summed E-state index contributed by atoms with van der Waals surface area (Å²) < 4.78 is 16.0. The number of carbonyl (C=O) groups is 2. The van der Waals surface area contributed by atoms with E-state index >= 15 is 0 Å². The number of thioether (sulfide) groups is 1. The third kappa shape index (κ3) is 3.05. The van der Waals surface area contributed by atoms with Crippen LogP contribution in [0.25, 0.3) is 10.9 Å². The number of nitrogens with one attached hydrogen (secondary N) is 1. The molecule has 0 radical (unpaired) electrons. The van der Waals surface area contributed by atoms with Crippen molar-refractivity contribution in [2.24, 2.45) is 0 Å². The number of para-hydroxylation sites is 1. The van der Waals surface area contributed by atoms with E-state index in [9.17, 15) is 14.0 Å². The van der Waals surface area contributed by atoms with Crippen molar-refractivity contribution in [2.75, 3.05) is 0 Å². The highest BCUT2D eigenvalue weighted by atomic mass is 32.2. The summed E-state index contributed by atoms with van der Waals surface area (Å²) in [6.07, 6.45) is 2.42. The average molecular weight is 354 g/mol. The molecule has 0 aliphatic carbocycles. The number of nitrogens with zero attached hydrogens (tertiary/aromatic N) is 1. The minimum atomic E-state index is -0.416. The predicted octanol–water partition coefficient (Wildman–Crippen LogP) is 3.72. The lowest BCUT2D eigenvalue weighted by Gasteiger charge is -2.06. The Kier molecular flexibility index (Phi) is 4.05. The number of aromatic nitrogens is 1. The Bertz CT molecular complexity index is 982. The fraction of sp³-hybridized carbons (Fsp3) is 0.158. The van der Waals surface area contributed by atoms with E-state index in [0.717, 1.165) is 28.2 Å². The van der Waals surface area contributed by atoms with Crippen LogP contribution in [0.2, 0.25) is 0 Å². The lowest BCUT2D eigenvalue weighted by Crippen LogP contribution is -2.25. The summed E-state index contributed by atoms with van der Waals surface area (Å²) in [7, 11) is 0. The molecule has 4 nitrogen and oxygen atoms in total. The maximum atomic E-state index is 14.0. The fourth-order valence-corrected chi connectivity index (χ4v) is 4.00. The Morgan fingerprint density at radius 1 is 1.04 bits per heavy atom. The molecule has 1 aromatic heterocycles. The Balaban J connectivity index is 1.70. The molecule has 2 aromatic carbocycles. The van der Waals surface area contributed by atoms with Crippen LogP contribution in [0.1, 0.15) is 11.1 Å². The predicted molar refractivity (Wildman–Crippen MR) is 96.1 cm³/mol. The van der Waals surface area contributed by atoms with Crippen molar-refractivity contribution < 1.29 is 14.0 Å². The van der Waals surface area contributed by atoms with E-state index in [1.807, 2.05) is 41.1 Å². The number of halogens is 1. The van der Waals surface area contributed by atoms with Gasteiger partial charge in [-0.15, -0.1) is 0 Å². The van der Waals surface area contributed by atoms with E-state index in [4.69, 9.17) is 0 Å². The molecule has 1 N–H and O–H groups in total. The Morgan fingerprint density at radius 2 is 1.80 bits per heavy atom. The topological polar surface area (TPSA) is 51.1 Å². The van der Waals surface area contributed by atoms with Gasteiger partial charge in [-0.3, -0.25) is 14.9 Å². The van der Waals surface area contributed by atoms with E-state index in [1.54, 1.807) is 12.1 Å². The molecule has 25 heavy (non-hydrogen) atoms. The van der Waals surface area contributed by atoms with E-state index in [0.29, 0.717) is 18.5 Å². The van der Waals surface area contributed by atoms with Gasteiger partial charge in [0.15, 0.2) is 0 Å². The molecule has 1 aliphatic rings. The van der Waals surface area contributed by atoms with Crippen LogP contribution >= 0.6 is 11.8 Å². The van der Waals surface area contributed by atoms with E-state index in [1.165, 1.54) is 6.07 Å². The molecule has 126 valence electrons. The normalized spacial score (nSPS) is 17.2. The Hall–Kier alpha value is -2.60. The van der Waals surface area contributed by atoms with Crippen LogP contribution in [0, 0.1) is 5.82 Å². The molecular weight excluding hydrogens is 339 g/mol. The van der Waals surface area contributed by atoms with Crippen LogP contribution in [0.5, 0.6) is 0 Å². The van der Waals surface area contributed by atoms with E-state index in [-0.39, 0.29) is 17.0 Å². The third-order valence-electron chi connectivity index (χ3n) is 4.34. The summed E-state index contributed by atoms with van der Waals surface area (Å²) in [6, 6.07) is 14.5. The van der Waals surface area contributed by atoms with Gasteiger partial charge in [-0.25, -0.2) is 4.39 Å². The summed E-state index contributed by atoms with van der Waals surface area (Å²) in [5.41, 5.74) is 2.57. The van der Waals surface area contributed by atoms with Crippen molar-refractivity contribution in [3.63, 3.8) is 0 Å². The largest absolute Gasteiger partial charge is 0.343 e. The molecule has 1 aliphatic heterocycles. The summed E-state index contributed by atoms with van der Waals surface area (Å²) in [6.45, 7) is 0.413. The molecule has 6 heteroatoms. The van der Waals surface area contributed by atoms with Crippen molar-refractivity contribution in [1.29, 1.82) is 0 Å². The lowest BCUT2D eigenvalue weighted by molar-refractivity contribution is -0.118. The molecule has 2 heterocycles. The van der Waals surface area contributed by atoms with Crippen LogP contribution in [0.3, 0.4) is 0 Å². The molecule has 0 spiro atoms. The van der Waals surface area contributed by atoms with Crippen LogP contribution < -0.4 is 5.32 Å². The molecule has 3 aromatic rings. The van der Waals surface area contributed by atoms with Gasteiger partial charge in [0.1, 0.15) is 5.82 Å². The number of hydrogen-bond acceptors (Lipinski definition) is 3. The Morgan fingerprint density at radius 3 is 2.56 bits per heavy atom. The first-order valence-corrected chi connectivity index (χ1v) is 8.81. The first-order valence-electron chi connectivity index (χ1n) is 7.93. The molecule has 0 saturated carbocycles. The van der Waals surface area contributed by atoms with Crippen molar-refractivity contribution in [3.8, 4) is 0 Å². The molecule has 0 bridgehead atoms. The maximum absolute atomic E-state index is 14.0. The van der Waals surface area contributed by atoms with Gasteiger partial charge < -0.3 is 4.57 Å². The van der Waals surface area contributed by atoms with Gasteiger partial charge in [0.25, 0.3) is 5.24 Å². The zero-order valence-corrected chi connectivity index (χ0v) is 14.1. The SMILES string of the molecule is O=C1NC(=O)C(Cc2cn(Cc3ccccc3F)c3ccccc23)S1. The van der Waals surface area contributed by atoms with Crippen LogP contribution in [-0.2, 0) is 17.8 Å². The quantitative estimate of drug-likeness (QED) is 0.777. The number of rotatable bonds is 4. The second-order valence-corrected chi connectivity index (χ2v) is 7.15. The van der Waals surface area contributed by atoms with Crippen LogP contribution in [-0.4, -0.2) is 21.0 Å². The van der Waals surface area contributed by atoms with Gasteiger partial charge in [0.2, 0.25) is 5.91 Å². The van der Waals surface area contributed by atoms with Gasteiger partial charge in [-0.2, -0.15) is 0 Å². The zero-order chi connectivity index (χ0) is 17.4. The van der Waals surface area contributed by atoms with Crippen molar-refractivity contribution in [1.82, 2.24) is 9.88 Å². The smallest absolute Gasteiger partial charge is 0.286 e. The number of fused-ring (bicyclic) bond motifs is 1. The number of benzene rings is 2. The van der Waals surface area contributed by atoms with Gasteiger partial charge >= 0.3 is 0 Å². The highest BCUT2D eigenvalue weighted by molar-refractivity contribution is 8.15. The molecule has 1 atom stereocenters. The fourth-order valence-electron chi connectivity index (χ4n) is 3.15. The van der Waals surface area contributed by atoms with Gasteiger partial charge in [0.05, 0.1) is 11.8 Å². The second kappa shape index (κ2) is 6.37. The lowest BCUT2D eigenvalue weighted by atomic mass is 10.1. The highest BCUT2D eigenvalue weighted by Gasteiger charge is 2.32. The molecule has 1 saturated heterocycles. The number of carbonyl (C=O) groups excluding carboxylic acids is 2. The molecular formula is C19H15FN2O2S. The number of imide groups is 1. The molecule has 1 fully saturated rings. The third-order valence-corrected chi connectivity index (χ3v) is 5.32. The first-order chi connectivity index (χ1) is 12.1. The maximum Gasteiger partial charge on any atom is 0.286 e. The minimum Gasteiger partial charge on any atom is -0.343 e. The Labute approximate surface area is 148 Å². The average Bonchev–Trinajstić information content (AvgIpc) is 3.10. The van der Waals surface area contributed by atoms with Gasteiger partial charge in [-0.1, -0.05) is 48.2 Å². The van der Waals surface area contributed by atoms with Gasteiger partial charge in [-0.05, 0) is 24.1 Å². The summed E-state index contributed by atoms with van der Waals surface area (Å²) in [5.74, 6) is -0.487. The van der Waals surface area contributed by atoms with Crippen LogP contribution in [0.15, 0.2) is 54.7 Å². The molecule has 4 rings (SSSR count). The minimum absolute atomic E-state index is 0.238. The zero-order valence-electron chi connectivity index (χ0n) is 13.2. The number of amides is 2. The van der Waals surface area contributed by atoms with Crippen molar-refractivity contribution >= 4 is 33.8 Å². The van der Waals surface area contributed by atoms with Crippen molar-refractivity contribution in [2.45, 2.75) is 18.2 Å². The summed E-state index contributed by atoms with van der Waals surface area (Å²) in [4.78, 5) is 23.2. The van der Waals surface area contributed by atoms with Crippen LogP contribution in [0.4, 0.5) is 9.18 Å². The monoisotopic (exact) mass is 354 g/mol.